The van der Waals surface area contributed by atoms with Crippen molar-refractivity contribution < 1.29 is 4.52 Å². The van der Waals surface area contributed by atoms with Gasteiger partial charge >= 0.3 is 0 Å². The zero-order chi connectivity index (χ0) is 12.4. The van der Waals surface area contributed by atoms with Crippen molar-refractivity contribution in [3.63, 3.8) is 0 Å². The Hall–Kier alpha value is -2.14. The van der Waals surface area contributed by atoms with Gasteiger partial charge < -0.3 is 10.3 Å². The molecular formula is C13H11N3OS. The summed E-state index contributed by atoms with van der Waals surface area (Å²) < 4.78 is 5.23. The van der Waals surface area contributed by atoms with Crippen LogP contribution >= 0.6 is 11.3 Å². The average molecular weight is 257 g/mol. The maximum absolute atomic E-state index is 5.73. The highest BCUT2D eigenvalue weighted by atomic mass is 32.1. The topological polar surface area (TPSA) is 64.9 Å². The number of hydrogen-bond donors (Lipinski definition) is 1. The smallest absolute Gasteiger partial charge is 0.231 e. The van der Waals surface area contributed by atoms with E-state index >= 15 is 0 Å². The molecule has 0 amide bonds. The molecule has 0 aliphatic heterocycles. The van der Waals surface area contributed by atoms with Crippen LogP contribution < -0.4 is 5.73 Å². The van der Waals surface area contributed by atoms with Crippen molar-refractivity contribution >= 4 is 17.0 Å². The van der Waals surface area contributed by atoms with Crippen LogP contribution in [0.4, 0.5) is 5.69 Å². The van der Waals surface area contributed by atoms with Crippen LogP contribution in [0.2, 0.25) is 0 Å². The highest BCUT2D eigenvalue weighted by Crippen LogP contribution is 2.19. The Morgan fingerprint density at radius 3 is 3.00 bits per heavy atom. The highest BCUT2D eigenvalue weighted by Gasteiger charge is 2.09. The first-order valence-corrected chi connectivity index (χ1v) is 6.45. The first-order valence-electron chi connectivity index (χ1n) is 5.51. The molecule has 90 valence electrons. The summed E-state index contributed by atoms with van der Waals surface area (Å²) in [6, 6.07) is 9.65. The lowest BCUT2D eigenvalue weighted by molar-refractivity contribution is 0.386. The van der Waals surface area contributed by atoms with E-state index < -0.39 is 0 Å². The van der Waals surface area contributed by atoms with Gasteiger partial charge in [0.1, 0.15) is 0 Å². The van der Waals surface area contributed by atoms with Gasteiger partial charge in [-0.25, -0.2) is 0 Å². The van der Waals surface area contributed by atoms with Gasteiger partial charge in [-0.05, 0) is 29.1 Å². The van der Waals surface area contributed by atoms with Crippen molar-refractivity contribution in [2.24, 2.45) is 0 Å². The van der Waals surface area contributed by atoms with E-state index in [-0.39, 0.29) is 0 Å². The minimum absolute atomic E-state index is 0.599. The quantitative estimate of drug-likeness (QED) is 0.732. The third-order valence-corrected chi connectivity index (χ3v) is 3.24. The number of nitrogens with zero attached hydrogens (tertiary/aromatic N) is 2. The third-order valence-electron chi connectivity index (χ3n) is 2.55. The zero-order valence-electron chi connectivity index (χ0n) is 9.54. The Morgan fingerprint density at radius 2 is 2.22 bits per heavy atom. The summed E-state index contributed by atoms with van der Waals surface area (Å²) in [5, 5.41) is 7.95. The number of rotatable bonds is 3. The Morgan fingerprint density at radius 1 is 1.28 bits per heavy atom. The molecule has 0 saturated heterocycles. The van der Waals surface area contributed by atoms with E-state index in [4.69, 9.17) is 10.3 Å². The molecule has 0 aliphatic carbocycles. The van der Waals surface area contributed by atoms with Crippen LogP contribution in [-0.2, 0) is 6.42 Å². The number of hydrogen-bond acceptors (Lipinski definition) is 5. The minimum Gasteiger partial charge on any atom is -0.399 e. The second kappa shape index (κ2) is 4.62. The summed E-state index contributed by atoms with van der Waals surface area (Å²) in [7, 11) is 0. The molecule has 0 aliphatic rings. The molecule has 2 heterocycles. The van der Waals surface area contributed by atoms with E-state index in [0.29, 0.717) is 18.1 Å². The van der Waals surface area contributed by atoms with Crippen LogP contribution in [0.1, 0.15) is 11.5 Å². The minimum atomic E-state index is 0.599. The first-order chi connectivity index (χ1) is 8.81. The molecule has 0 radical (unpaired) electrons. The van der Waals surface area contributed by atoms with E-state index in [1.807, 2.05) is 41.1 Å². The second-order valence-corrected chi connectivity index (χ2v) is 4.73. The average Bonchev–Trinajstić information content (AvgIpc) is 2.98. The van der Waals surface area contributed by atoms with Crippen LogP contribution in [0.15, 0.2) is 45.6 Å². The lowest BCUT2D eigenvalue weighted by Gasteiger charge is -1.97. The van der Waals surface area contributed by atoms with Crippen molar-refractivity contribution in [3.8, 4) is 11.4 Å². The fraction of sp³-hybridized carbons (Fsp3) is 0.0769. The number of aromatic nitrogens is 2. The normalized spacial score (nSPS) is 10.7. The number of nitrogens with two attached hydrogens (primary N) is 1. The molecule has 5 heteroatoms. The molecular weight excluding hydrogens is 246 g/mol. The van der Waals surface area contributed by atoms with Crippen LogP contribution in [0.5, 0.6) is 0 Å². The number of anilines is 1. The molecule has 0 unspecified atom stereocenters. The number of benzene rings is 1. The molecule has 1 aromatic carbocycles. The monoisotopic (exact) mass is 257 g/mol. The second-order valence-electron chi connectivity index (χ2n) is 3.95. The summed E-state index contributed by atoms with van der Waals surface area (Å²) in [4.78, 5) is 4.37. The van der Waals surface area contributed by atoms with E-state index in [2.05, 4.69) is 10.1 Å². The predicted octanol–water partition coefficient (Wildman–Crippen LogP) is 2.97. The van der Waals surface area contributed by atoms with E-state index in [1.54, 1.807) is 11.3 Å². The largest absolute Gasteiger partial charge is 0.399 e. The van der Waals surface area contributed by atoms with Gasteiger partial charge in [0.05, 0.1) is 6.42 Å². The predicted molar refractivity (Wildman–Crippen MR) is 71.3 cm³/mol. The van der Waals surface area contributed by atoms with Gasteiger partial charge in [-0.1, -0.05) is 17.3 Å². The Labute approximate surface area is 108 Å². The lowest BCUT2D eigenvalue weighted by atomic mass is 10.1. The van der Waals surface area contributed by atoms with Gasteiger partial charge in [0, 0.05) is 16.6 Å². The summed E-state index contributed by atoms with van der Waals surface area (Å²) in [5.74, 6) is 1.23. The van der Waals surface area contributed by atoms with Crippen molar-refractivity contribution in [3.05, 3.63) is 52.5 Å². The van der Waals surface area contributed by atoms with E-state index in [0.717, 1.165) is 16.8 Å². The molecule has 2 aromatic heterocycles. The third kappa shape index (κ3) is 2.26. The summed E-state index contributed by atoms with van der Waals surface area (Å²) in [6.45, 7) is 0. The standard InChI is InChI=1S/C13H11N3OS/c14-11-3-1-2-9(6-11)7-12-15-13(16-17-12)10-4-5-18-8-10/h1-6,8H,7,14H2. The molecule has 18 heavy (non-hydrogen) atoms. The molecule has 0 bridgehead atoms. The Balaban J connectivity index is 1.82. The van der Waals surface area contributed by atoms with Gasteiger partial charge in [-0.3, -0.25) is 0 Å². The van der Waals surface area contributed by atoms with Crippen molar-refractivity contribution in [1.82, 2.24) is 10.1 Å². The van der Waals surface area contributed by atoms with Crippen molar-refractivity contribution in [2.75, 3.05) is 5.73 Å². The molecule has 0 atom stereocenters. The summed E-state index contributed by atoms with van der Waals surface area (Å²) >= 11 is 1.61. The SMILES string of the molecule is Nc1cccc(Cc2nc(-c3ccsc3)no2)c1. The maximum atomic E-state index is 5.73. The number of nitrogen functional groups attached to an aromatic ring is 1. The fourth-order valence-electron chi connectivity index (χ4n) is 1.71. The molecule has 2 N–H and O–H groups in total. The highest BCUT2D eigenvalue weighted by molar-refractivity contribution is 7.08. The molecule has 0 saturated carbocycles. The van der Waals surface area contributed by atoms with Crippen molar-refractivity contribution in [1.29, 1.82) is 0 Å². The lowest BCUT2D eigenvalue weighted by Crippen LogP contribution is -1.91. The molecule has 0 fully saturated rings. The Bertz CT molecular complexity index is 646. The van der Waals surface area contributed by atoms with Gasteiger partial charge in [0.2, 0.25) is 11.7 Å². The van der Waals surface area contributed by atoms with Gasteiger partial charge in [-0.2, -0.15) is 16.3 Å². The van der Waals surface area contributed by atoms with Crippen LogP contribution in [0.25, 0.3) is 11.4 Å². The first kappa shape index (κ1) is 11.0. The number of thiophene rings is 1. The van der Waals surface area contributed by atoms with Gasteiger partial charge in [0.15, 0.2) is 0 Å². The molecule has 3 rings (SSSR count). The summed E-state index contributed by atoms with van der Waals surface area (Å²) in [5.41, 5.74) is 8.52. The van der Waals surface area contributed by atoms with E-state index in [9.17, 15) is 0 Å². The van der Waals surface area contributed by atoms with E-state index in [1.165, 1.54) is 0 Å². The van der Waals surface area contributed by atoms with Crippen molar-refractivity contribution in [2.45, 2.75) is 6.42 Å². The van der Waals surface area contributed by atoms with Crippen LogP contribution in [0, 0.1) is 0 Å². The van der Waals surface area contributed by atoms with Gasteiger partial charge in [-0.15, -0.1) is 0 Å². The zero-order valence-corrected chi connectivity index (χ0v) is 10.4. The van der Waals surface area contributed by atoms with Crippen LogP contribution in [0.3, 0.4) is 0 Å². The fourth-order valence-corrected chi connectivity index (χ4v) is 2.35. The molecule has 3 aromatic rings. The molecule has 0 spiro atoms. The maximum Gasteiger partial charge on any atom is 0.231 e. The Kier molecular flexibility index (Phi) is 2.82. The molecule has 4 nitrogen and oxygen atoms in total. The van der Waals surface area contributed by atoms with Crippen LogP contribution in [-0.4, -0.2) is 10.1 Å². The summed E-state index contributed by atoms with van der Waals surface area (Å²) in [6.07, 6.45) is 0.599. The van der Waals surface area contributed by atoms with Gasteiger partial charge in [0.25, 0.3) is 0 Å².